The molecule has 0 aliphatic carbocycles. The molecule has 2 rings (SSSR count). The third kappa shape index (κ3) is 4.65. The first-order chi connectivity index (χ1) is 10.1. The minimum absolute atomic E-state index is 0.221. The van der Waals surface area contributed by atoms with Crippen molar-refractivity contribution in [3.05, 3.63) is 65.6 Å². The molecule has 108 valence electrons. The highest BCUT2D eigenvalue weighted by Crippen LogP contribution is 2.06. The average Bonchev–Trinajstić information content (AvgIpc) is 2.99. The summed E-state index contributed by atoms with van der Waals surface area (Å²) in [5, 5.41) is 11.6. The molecule has 0 saturated heterocycles. The minimum Gasteiger partial charge on any atom is -0.478 e. The van der Waals surface area contributed by atoms with Crippen LogP contribution in [-0.2, 0) is 11.2 Å². The fourth-order valence-corrected chi connectivity index (χ4v) is 1.79. The van der Waals surface area contributed by atoms with Crippen LogP contribution < -0.4 is 5.32 Å². The Kier molecular flexibility index (Phi) is 4.93. The largest absolute Gasteiger partial charge is 0.478 e. The molecular formula is C16H15NO4. The lowest BCUT2D eigenvalue weighted by Crippen LogP contribution is -2.23. The van der Waals surface area contributed by atoms with Crippen LogP contribution in [0.5, 0.6) is 0 Å². The zero-order valence-electron chi connectivity index (χ0n) is 11.3. The topological polar surface area (TPSA) is 79.5 Å². The van der Waals surface area contributed by atoms with Gasteiger partial charge < -0.3 is 14.8 Å². The molecule has 5 nitrogen and oxygen atoms in total. The van der Waals surface area contributed by atoms with Gasteiger partial charge in [-0.05, 0) is 42.3 Å². The molecule has 1 aromatic heterocycles. The molecule has 0 fully saturated rings. The molecule has 0 bridgehead atoms. The second-order valence-electron chi connectivity index (χ2n) is 4.40. The van der Waals surface area contributed by atoms with Crippen LogP contribution in [0.4, 0.5) is 0 Å². The third-order valence-electron chi connectivity index (χ3n) is 2.83. The van der Waals surface area contributed by atoms with Crippen molar-refractivity contribution >= 4 is 18.0 Å². The molecule has 0 unspecified atom stereocenters. The van der Waals surface area contributed by atoms with Crippen molar-refractivity contribution in [3.8, 4) is 0 Å². The molecule has 0 atom stereocenters. The SMILES string of the molecule is O=C(C=Cc1ccco1)NCCc1cccc(C(=O)O)c1. The van der Waals surface area contributed by atoms with Crippen molar-refractivity contribution in [2.75, 3.05) is 6.54 Å². The predicted octanol–water partition coefficient (Wildman–Crippen LogP) is 2.35. The zero-order chi connectivity index (χ0) is 15.1. The summed E-state index contributed by atoms with van der Waals surface area (Å²) in [5.41, 5.74) is 1.11. The van der Waals surface area contributed by atoms with Gasteiger partial charge in [0.25, 0.3) is 0 Å². The van der Waals surface area contributed by atoms with Gasteiger partial charge in [-0.2, -0.15) is 0 Å². The van der Waals surface area contributed by atoms with Gasteiger partial charge in [-0.1, -0.05) is 12.1 Å². The van der Waals surface area contributed by atoms with Gasteiger partial charge in [0.2, 0.25) is 5.91 Å². The number of carboxylic acids is 1. The van der Waals surface area contributed by atoms with Crippen molar-refractivity contribution in [2.45, 2.75) is 6.42 Å². The number of furan rings is 1. The Morgan fingerprint density at radius 2 is 2.10 bits per heavy atom. The number of carbonyl (C=O) groups is 2. The Morgan fingerprint density at radius 1 is 1.24 bits per heavy atom. The summed E-state index contributed by atoms with van der Waals surface area (Å²) < 4.78 is 5.07. The van der Waals surface area contributed by atoms with Crippen molar-refractivity contribution in [2.24, 2.45) is 0 Å². The van der Waals surface area contributed by atoms with E-state index < -0.39 is 5.97 Å². The number of amides is 1. The Hall–Kier alpha value is -2.82. The summed E-state index contributed by atoms with van der Waals surface area (Å²) in [5.74, 6) is -0.567. The van der Waals surface area contributed by atoms with E-state index in [4.69, 9.17) is 9.52 Å². The fraction of sp³-hybridized carbons (Fsp3) is 0.125. The Bertz CT molecular complexity index is 644. The van der Waals surface area contributed by atoms with E-state index in [1.54, 1.807) is 30.3 Å². The van der Waals surface area contributed by atoms with Gasteiger partial charge in [0.15, 0.2) is 0 Å². The second-order valence-corrected chi connectivity index (χ2v) is 4.40. The Balaban J connectivity index is 1.80. The molecule has 2 aromatic rings. The van der Waals surface area contributed by atoms with Crippen LogP contribution in [0.3, 0.4) is 0 Å². The first-order valence-corrected chi connectivity index (χ1v) is 6.47. The highest BCUT2D eigenvalue weighted by Gasteiger charge is 2.03. The smallest absolute Gasteiger partial charge is 0.335 e. The summed E-state index contributed by atoms with van der Waals surface area (Å²) >= 11 is 0. The number of benzene rings is 1. The molecule has 21 heavy (non-hydrogen) atoms. The van der Waals surface area contributed by atoms with Crippen LogP contribution >= 0.6 is 0 Å². The second kappa shape index (κ2) is 7.09. The van der Waals surface area contributed by atoms with Gasteiger partial charge in [-0.15, -0.1) is 0 Å². The molecule has 0 saturated carbocycles. The molecule has 2 N–H and O–H groups in total. The van der Waals surface area contributed by atoms with Crippen LogP contribution in [0, 0.1) is 0 Å². The van der Waals surface area contributed by atoms with E-state index >= 15 is 0 Å². The van der Waals surface area contributed by atoms with E-state index in [-0.39, 0.29) is 11.5 Å². The average molecular weight is 285 g/mol. The maximum absolute atomic E-state index is 11.6. The summed E-state index contributed by atoms with van der Waals surface area (Å²) in [6.07, 6.45) is 5.08. The van der Waals surface area contributed by atoms with E-state index in [0.717, 1.165) is 5.56 Å². The maximum Gasteiger partial charge on any atom is 0.335 e. The third-order valence-corrected chi connectivity index (χ3v) is 2.83. The van der Waals surface area contributed by atoms with Gasteiger partial charge in [-0.25, -0.2) is 4.79 Å². The molecular weight excluding hydrogens is 270 g/mol. The van der Waals surface area contributed by atoms with Crippen molar-refractivity contribution in [1.82, 2.24) is 5.32 Å². The summed E-state index contributed by atoms with van der Waals surface area (Å²) in [7, 11) is 0. The van der Waals surface area contributed by atoms with Crippen LogP contribution in [0.2, 0.25) is 0 Å². The number of hydrogen-bond acceptors (Lipinski definition) is 3. The van der Waals surface area contributed by atoms with E-state index in [1.807, 2.05) is 6.07 Å². The molecule has 0 aliphatic rings. The molecule has 1 aromatic carbocycles. The first-order valence-electron chi connectivity index (χ1n) is 6.47. The van der Waals surface area contributed by atoms with Crippen molar-refractivity contribution < 1.29 is 19.1 Å². The quantitative estimate of drug-likeness (QED) is 0.798. The van der Waals surface area contributed by atoms with Gasteiger partial charge in [-0.3, -0.25) is 4.79 Å². The molecule has 0 radical (unpaired) electrons. The van der Waals surface area contributed by atoms with E-state index in [9.17, 15) is 9.59 Å². The van der Waals surface area contributed by atoms with E-state index in [1.165, 1.54) is 18.4 Å². The molecule has 0 aliphatic heterocycles. The fourth-order valence-electron chi connectivity index (χ4n) is 1.79. The summed E-state index contributed by atoms with van der Waals surface area (Å²) in [4.78, 5) is 22.4. The predicted molar refractivity (Wildman–Crippen MR) is 77.9 cm³/mol. The Labute approximate surface area is 121 Å². The number of hydrogen-bond donors (Lipinski definition) is 2. The number of aromatic carboxylic acids is 1. The normalized spacial score (nSPS) is 10.7. The van der Waals surface area contributed by atoms with Crippen LogP contribution in [0.15, 0.2) is 53.2 Å². The summed E-state index contributed by atoms with van der Waals surface area (Å²) in [6.45, 7) is 0.435. The lowest BCUT2D eigenvalue weighted by molar-refractivity contribution is -0.116. The number of nitrogens with one attached hydrogen (secondary N) is 1. The van der Waals surface area contributed by atoms with Gasteiger partial charge >= 0.3 is 5.97 Å². The Morgan fingerprint density at radius 3 is 2.81 bits per heavy atom. The molecule has 0 spiro atoms. The van der Waals surface area contributed by atoms with E-state index in [0.29, 0.717) is 18.7 Å². The van der Waals surface area contributed by atoms with Crippen LogP contribution in [0.25, 0.3) is 6.08 Å². The highest BCUT2D eigenvalue weighted by molar-refractivity contribution is 5.91. The van der Waals surface area contributed by atoms with Crippen LogP contribution in [0.1, 0.15) is 21.7 Å². The lowest BCUT2D eigenvalue weighted by Gasteiger charge is -2.03. The highest BCUT2D eigenvalue weighted by atomic mass is 16.4. The van der Waals surface area contributed by atoms with E-state index in [2.05, 4.69) is 5.32 Å². The monoisotopic (exact) mass is 285 g/mol. The van der Waals surface area contributed by atoms with Gasteiger partial charge in [0, 0.05) is 12.6 Å². The minimum atomic E-state index is -0.956. The zero-order valence-corrected chi connectivity index (χ0v) is 11.3. The van der Waals surface area contributed by atoms with Crippen molar-refractivity contribution in [1.29, 1.82) is 0 Å². The molecule has 1 heterocycles. The maximum atomic E-state index is 11.6. The first kappa shape index (κ1) is 14.6. The van der Waals surface area contributed by atoms with Crippen molar-refractivity contribution in [3.63, 3.8) is 0 Å². The molecule has 1 amide bonds. The summed E-state index contributed by atoms with van der Waals surface area (Å²) in [6, 6.07) is 10.2. The van der Waals surface area contributed by atoms with Crippen LogP contribution in [-0.4, -0.2) is 23.5 Å². The lowest BCUT2D eigenvalue weighted by atomic mass is 10.1. The standard InChI is InChI=1S/C16H15NO4/c18-15(7-6-14-5-2-10-21-14)17-9-8-12-3-1-4-13(11-12)16(19)20/h1-7,10-11H,8-9H2,(H,17,18)(H,19,20). The number of carbonyl (C=O) groups excluding carboxylic acids is 1. The van der Waals surface area contributed by atoms with Gasteiger partial charge in [0.05, 0.1) is 11.8 Å². The number of carboxylic acid groups (broad SMARTS) is 1. The van der Waals surface area contributed by atoms with Gasteiger partial charge in [0.1, 0.15) is 5.76 Å². The number of rotatable bonds is 6. The molecule has 5 heteroatoms.